The molecule has 1 aromatic rings. The Morgan fingerprint density at radius 3 is 2.12 bits per heavy atom. The molecule has 0 aliphatic rings. The van der Waals surface area contributed by atoms with Crippen LogP contribution in [0, 0.1) is 5.92 Å². The van der Waals surface area contributed by atoms with Crippen molar-refractivity contribution in [2.45, 2.75) is 25.9 Å². The van der Waals surface area contributed by atoms with Crippen molar-refractivity contribution in [3.05, 3.63) is 35.4 Å². The van der Waals surface area contributed by atoms with E-state index < -0.39 is 11.7 Å². The molecule has 1 unspecified atom stereocenters. The molecule has 4 heteroatoms. The summed E-state index contributed by atoms with van der Waals surface area (Å²) in [5.41, 5.74) is 0.377. The van der Waals surface area contributed by atoms with Crippen LogP contribution in [0.3, 0.4) is 0 Å². The molecule has 1 atom stereocenters. The van der Waals surface area contributed by atoms with Gasteiger partial charge in [0.25, 0.3) is 0 Å². The average molecular weight is 295 g/mol. The zero-order valence-corrected chi connectivity index (χ0v) is 10.6. The molecule has 0 aliphatic heterocycles. The van der Waals surface area contributed by atoms with E-state index in [1.54, 1.807) is 12.1 Å². The van der Waals surface area contributed by atoms with Gasteiger partial charge in [0.2, 0.25) is 0 Å². The second-order valence-electron chi connectivity index (χ2n) is 3.83. The first-order valence-electron chi connectivity index (χ1n) is 5.19. The highest BCUT2D eigenvalue weighted by atomic mass is 79.9. The molecule has 0 amide bonds. The van der Waals surface area contributed by atoms with E-state index in [9.17, 15) is 13.2 Å². The third-order valence-corrected chi connectivity index (χ3v) is 3.52. The fourth-order valence-electron chi connectivity index (χ4n) is 1.47. The van der Waals surface area contributed by atoms with Crippen LogP contribution in [0.4, 0.5) is 13.2 Å². The third kappa shape index (κ3) is 3.81. The summed E-state index contributed by atoms with van der Waals surface area (Å²) in [7, 11) is 0. The maximum Gasteiger partial charge on any atom is 0.416 e. The van der Waals surface area contributed by atoms with Gasteiger partial charge in [-0.15, -0.1) is 0 Å². The van der Waals surface area contributed by atoms with Crippen LogP contribution in [0.25, 0.3) is 0 Å². The van der Waals surface area contributed by atoms with E-state index in [4.69, 9.17) is 0 Å². The van der Waals surface area contributed by atoms with Gasteiger partial charge >= 0.3 is 6.18 Å². The number of benzene rings is 1. The van der Waals surface area contributed by atoms with Gasteiger partial charge in [-0.1, -0.05) is 41.4 Å². The molecule has 1 aromatic carbocycles. The molecular formula is C12H14BrF3. The van der Waals surface area contributed by atoms with E-state index in [2.05, 4.69) is 22.9 Å². The number of hydrogen-bond acceptors (Lipinski definition) is 0. The molecule has 0 saturated heterocycles. The zero-order chi connectivity index (χ0) is 12.2. The number of hydrogen-bond donors (Lipinski definition) is 0. The molecule has 16 heavy (non-hydrogen) atoms. The molecule has 0 radical (unpaired) electrons. The molecule has 0 aliphatic carbocycles. The van der Waals surface area contributed by atoms with Crippen LogP contribution in [-0.2, 0) is 12.6 Å². The Labute approximate surface area is 102 Å². The van der Waals surface area contributed by atoms with E-state index in [1.165, 1.54) is 0 Å². The van der Waals surface area contributed by atoms with Crippen molar-refractivity contribution in [1.29, 1.82) is 0 Å². The summed E-state index contributed by atoms with van der Waals surface area (Å²) in [5, 5.41) is 0.879. The molecule has 1 rings (SSSR count). The lowest BCUT2D eigenvalue weighted by Gasteiger charge is -2.12. The molecule has 0 N–H and O–H groups in total. The van der Waals surface area contributed by atoms with Gasteiger partial charge in [0.1, 0.15) is 0 Å². The lowest BCUT2D eigenvalue weighted by atomic mass is 9.98. The maximum absolute atomic E-state index is 12.3. The van der Waals surface area contributed by atoms with Gasteiger partial charge in [-0.2, -0.15) is 13.2 Å². The highest BCUT2D eigenvalue weighted by Crippen LogP contribution is 2.29. The third-order valence-electron chi connectivity index (χ3n) is 2.60. The van der Waals surface area contributed by atoms with Crippen molar-refractivity contribution in [2.75, 3.05) is 5.33 Å². The summed E-state index contributed by atoms with van der Waals surface area (Å²) < 4.78 is 36.9. The van der Waals surface area contributed by atoms with Gasteiger partial charge in [-0.05, 0) is 30.0 Å². The number of alkyl halides is 4. The Hall–Kier alpha value is -0.510. The molecule has 90 valence electrons. The second kappa shape index (κ2) is 5.71. The van der Waals surface area contributed by atoms with Crippen LogP contribution in [0.1, 0.15) is 24.5 Å². The van der Waals surface area contributed by atoms with Gasteiger partial charge in [-0.25, -0.2) is 0 Å². The largest absolute Gasteiger partial charge is 0.416 e. The second-order valence-corrected chi connectivity index (χ2v) is 4.47. The molecule has 0 aromatic heterocycles. The summed E-state index contributed by atoms with van der Waals surface area (Å²) in [5.74, 6) is 0.483. The van der Waals surface area contributed by atoms with E-state index in [1.807, 2.05) is 0 Å². The number of rotatable bonds is 4. The SMILES string of the molecule is CCC(CBr)Cc1ccc(C(F)(F)F)cc1. The average Bonchev–Trinajstić information content (AvgIpc) is 2.25. The van der Waals surface area contributed by atoms with E-state index in [-0.39, 0.29) is 0 Å². The minimum atomic E-state index is -4.24. The van der Waals surface area contributed by atoms with Gasteiger partial charge in [0.15, 0.2) is 0 Å². The van der Waals surface area contributed by atoms with E-state index >= 15 is 0 Å². The van der Waals surface area contributed by atoms with E-state index in [0.29, 0.717) is 5.92 Å². The maximum atomic E-state index is 12.3. The quantitative estimate of drug-likeness (QED) is 0.708. The van der Waals surface area contributed by atoms with Crippen molar-refractivity contribution in [1.82, 2.24) is 0 Å². The molecule has 0 nitrogen and oxygen atoms in total. The lowest BCUT2D eigenvalue weighted by molar-refractivity contribution is -0.137. The minimum Gasteiger partial charge on any atom is -0.166 e. The molecule has 0 saturated carbocycles. The zero-order valence-electron chi connectivity index (χ0n) is 9.02. The van der Waals surface area contributed by atoms with Crippen molar-refractivity contribution < 1.29 is 13.2 Å². The first-order valence-corrected chi connectivity index (χ1v) is 6.31. The Morgan fingerprint density at radius 1 is 1.19 bits per heavy atom. The highest BCUT2D eigenvalue weighted by Gasteiger charge is 2.29. The van der Waals surface area contributed by atoms with Crippen molar-refractivity contribution in [3.63, 3.8) is 0 Å². The number of halogens is 4. The van der Waals surface area contributed by atoms with Gasteiger partial charge < -0.3 is 0 Å². The predicted octanol–water partition coefficient (Wildman–Crippen LogP) is 4.67. The summed E-state index contributed by atoms with van der Waals surface area (Å²) in [6, 6.07) is 5.43. The fourth-order valence-corrected chi connectivity index (χ4v) is 2.16. The predicted molar refractivity (Wildman–Crippen MR) is 62.7 cm³/mol. The Balaban J connectivity index is 2.72. The Kier molecular flexibility index (Phi) is 4.84. The van der Waals surface area contributed by atoms with Gasteiger partial charge in [0.05, 0.1) is 5.56 Å². The van der Waals surface area contributed by atoms with Crippen molar-refractivity contribution >= 4 is 15.9 Å². The van der Waals surface area contributed by atoms with E-state index in [0.717, 1.165) is 35.9 Å². The first-order chi connectivity index (χ1) is 7.47. The van der Waals surface area contributed by atoms with Crippen molar-refractivity contribution in [3.8, 4) is 0 Å². The fraction of sp³-hybridized carbons (Fsp3) is 0.500. The van der Waals surface area contributed by atoms with Crippen LogP contribution >= 0.6 is 15.9 Å². The Morgan fingerprint density at radius 2 is 1.75 bits per heavy atom. The smallest absolute Gasteiger partial charge is 0.166 e. The molecule has 0 fully saturated rings. The molecule has 0 spiro atoms. The molecule has 0 heterocycles. The van der Waals surface area contributed by atoms with Gasteiger partial charge in [0, 0.05) is 5.33 Å². The highest BCUT2D eigenvalue weighted by molar-refractivity contribution is 9.09. The Bertz CT molecular complexity index is 312. The first kappa shape index (κ1) is 13.6. The van der Waals surface area contributed by atoms with Crippen molar-refractivity contribution in [2.24, 2.45) is 5.92 Å². The van der Waals surface area contributed by atoms with Crippen LogP contribution in [-0.4, -0.2) is 5.33 Å². The monoisotopic (exact) mass is 294 g/mol. The summed E-state index contributed by atoms with van der Waals surface area (Å²) in [6.45, 7) is 2.08. The molecule has 0 bridgehead atoms. The van der Waals surface area contributed by atoms with Crippen LogP contribution in [0.5, 0.6) is 0 Å². The van der Waals surface area contributed by atoms with Crippen LogP contribution in [0.2, 0.25) is 0 Å². The minimum absolute atomic E-state index is 0.483. The summed E-state index contributed by atoms with van der Waals surface area (Å²) in [4.78, 5) is 0. The molecular weight excluding hydrogens is 281 g/mol. The summed E-state index contributed by atoms with van der Waals surface area (Å²) in [6.07, 6.45) is -2.40. The van der Waals surface area contributed by atoms with Gasteiger partial charge in [-0.3, -0.25) is 0 Å². The lowest BCUT2D eigenvalue weighted by Crippen LogP contribution is -2.07. The van der Waals surface area contributed by atoms with Crippen LogP contribution in [0.15, 0.2) is 24.3 Å². The summed E-state index contributed by atoms with van der Waals surface area (Å²) >= 11 is 3.40. The van der Waals surface area contributed by atoms with Crippen LogP contribution < -0.4 is 0 Å². The topological polar surface area (TPSA) is 0 Å². The standard InChI is InChI=1S/C12H14BrF3/c1-2-9(8-13)7-10-3-5-11(6-4-10)12(14,15)16/h3-6,9H,2,7-8H2,1H3. The normalized spacial score (nSPS) is 13.8.